The van der Waals surface area contributed by atoms with E-state index in [-0.39, 0.29) is 0 Å². The lowest BCUT2D eigenvalue weighted by atomic mass is 10.0. The normalized spacial score (nSPS) is 20.6. The summed E-state index contributed by atoms with van der Waals surface area (Å²) < 4.78 is 5.26. The van der Waals surface area contributed by atoms with Gasteiger partial charge in [0.2, 0.25) is 5.89 Å². The number of unbranched alkanes of at least 4 members (excludes halogenated alkanes) is 1. The molecule has 1 saturated heterocycles. The molecule has 4 nitrogen and oxygen atoms in total. The predicted molar refractivity (Wildman–Crippen MR) is 66.9 cm³/mol. The molecule has 0 amide bonds. The van der Waals surface area contributed by atoms with E-state index in [0.29, 0.717) is 6.04 Å². The van der Waals surface area contributed by atoms with Gasteiger partial charge >= 0.3 is 0 Å². The maximum Gasteiger partial charge on any atom is 0.226 e. The average molecular weight is 237 g/mol. The summed E-state index contributed by atoms with van der Waals surface area (Å²) in [5.74, 6) is 1.68. The van der Waals surface area contributed by atoms with Gasteiger partial charge in [0.25, 0.3) is 0 Å². The summed E-state index contributed by atoms with van der Waals surface area (Å²) in [4.78, 5) is 4.43. The summed E-state index contributed by atoms with van der Waals surface area (Å²) in [5, 5.41) is 7.55. The second-order valence-electron chi connectivity index (χ2n) is 4.89. The highest BCUT2D eigenvalue weighted by atomic mass is 16.5. The Kier molecular flexibility index (Phi) is 4.98. The second-order valence-corrected chi connectivity index (χ2v) is 4.89. The van der Waals surface area contributed by atoms with Gasteiger partial charge in [-0.3, -0.25) is 0 Å². The molecule has 2 rings (SSSR count). The molecule has 17 heavy (non-hydrogen) atoms. The van der Waals surface area contributed by atoms with E-state index < -0.39 is 0 Å². The number of rotatable bonds is 6. The SMILES string of the molecule is CCCCc1noc(CCC2CCCCN2)n1. The Bertz CT molecular complexity index is 318. The minimum absolute atomic E-state index is 0.648. The van der Waals surface area contributed by atoms with Crippen molar-refractivity contribution in [1.82, 2.24) is 15.5 Å². The summed E-state index contributed by atoms with van der Waals surface area (Å²) in [5.41, 5.74) is 0. The zero-order valence-corrected chi connectivity index (χ0v) is 10.7. The van der Waals surface area contributed by atoms with Crippen LogP contribution in [0.15, 0.2) is 4.52 Å². The number of hydrogen-bond donors (Lipinski definition) is 1. The van der Waals surface area contributed by atoms with Crippen LogP contribution in [0.25, 0.3) is 0 Å². The van der Waals surface area contributed by atoms with Crippen molar-refractivity contribution in [3.05, 3.63) is 11.7 Å². The van der Waals surface area contributed by atoms with Crippen molar-refractivity contribution >= 4 is 0 Å². The highest BCUT2D eigenvalue weighted by Gasteiger charge is 2.14. The van der Waals surface area contributed by atoms with Gasteiger partial charge in [0.1, 0.15) is 0 Å². The van der Waals surface area contributed by atoms with Crippen LogP contribution in [-0.4, -0.2) is 22.7 Å². The molecule has 0 aromatic carbocycles. The van der Waals surface area contributed by atoms with Gasteiger partial charge in [-0.2, -0.15) is 4.98 Å². The quantitative estimate of drug-likeness (QED) is 0.826. The van der Waals surface area contributed by atoms with Crippen molar-refractivity contribution in [2.45, 2.75) is 64.3 Å². The average Bonchev–Trinajstić information content (AvgIpc) is 2.83. The first-order valence-electron chi connectivity index (χ1n) is 6.93. The fourth-order valence-electron chi connectivity index (χ4n) is 2.30. The third kappa shape index (κ3) is 4.11. The van der Waals surface area contributed by atoms with E-state index in [1.807, 2.05) is 0 Å². The Morgan fingerprint density at radius 3 is 3.06 bits per heavy atom. The van der Waals surface area contributed by atoms with Crippen molar-refractivity contribution < 1.29 is 4.52 Å². The molecule has 1 aliphatic rings. The van der Waals surface area contributed by atoms with E-state index in [0.717, 1.165) is 43.9 Å². The van der Waals surface area contributed by atoms with E-state index >= 15 is 0 Å². The van der Waals surface area contributed by atoms with E-state index in [4.69, 9.17) is 4.52 Å². The smallest absolute Gasteiger partial charge is 0.226 e. The molecule has 0 radical (unpaired) electrons. The molecular formula is C13H23N3O. The monoisotopic (exact) mass is 237 g/mol. The molecule has 4 heteroatoms. The second kappa shape index (κ2) is 6.74. The molecule has 1 atom stereocenters. The molecule has 2 heterocycles. The third-order valence-corrected chi connectivity index (χ3v) is 3.38. The summed E-state index contributed by atoms with van der Waals surface area (Å²) in [6.45, 7) is 3.34. The molecule has 0 aliphatic carbocycles. The van der Waals surface area contributed by atoms with E-state index in [2.05, 4.69) is 22.4 Å². The molecule has 0 saturated carbocycles. The minimum atomic E-state index is 0.648. The molecule has 0 bridgehead atoms. The van der Waals surface area contributed by atoms with Gasteiger partial charge in [-0.1, -0.05) is 24.9 Å². The van der Waals surface area contributed by atoms with Crippen LogP contribution in [0.5, 0.6) is 0 Å². The summed E-state index contributed by atoms with van der Waals surface area (Å²) in [6.07, 6.45) is 9.26. The van der Waals surface area contributed by atoms with Crippen molar-refractivity contribution in [3.63, 3.8) is 0 Å². The number of nitrogens with one attached hydrogen (secondary N) is 1. The van der Waals surface area contributed by atoms with Crippen molar-refractivity contribution in [2.75, 3.05) is 6.54 Å². The van der Waals surface area contributed by atoms with Crippen molar-refractivity contribution in [1.29, 1.82) is 0 Å². The molecular weight excluding hydrogens is 214 g/mol. The summed E-state index contributed by atoms with van der Waals surface area (Å²) >= 11 is 0. The standard InChI is InChI=1S/C13H23N3O/c1-2-3-7-12-15-13(17-16-12)9-8-11-6-4-5-10-14-11/h11,14H,2-10H2,1H3. The van der Waals surface area contributed by atoms with Crippen molar-refractivity contribution in [3.8, 4) is 0 Å². The Labute approximate surface area is 103 Å². The predicted octanol–water partition coefficient (Wildman–Crippen LogP) is 2.49. The van der Waals surface area contributed by atoms with Crippen LogP contribution in [0, 0.1) is 0 Å². The molecule has 1 fully saturated rings. The largest absolute Gasteiger partial charge is 0.339 e. The molecule has 1 aromatic rings. The molecule has 1 aromatic heterocycles. The van der Waals surface area contributed by atoms with Gasteiger partial charge in [0.05, 0.1) is 0 Å². The van der Waals surface area contributed by atoms with Crippen molar-refractivity contribution in [2.24, 2.45) is 0 Å². The summed E-state index contributed by atoms with van der Waals surface area (Å²) in [7, 11) is 0. The Hall–Kier alpha value is -0.900. The lowest BCUT2D eigenvalue weighted by Gasteiger charge is -2.22. The van der Waals surface area contributed by atoms with Crippen LogP contribution in [0.1, 0.15) is 57.2 Å². The lowest BCUT2D eigenvalue weighted by Crippen LogP contribution is -2.34. The van der Waals surface area contributed by atoms with E-state index in [1.54, 1.807) is 0 Å². The van der Waals surface area contributed by atoms with Crippen LogP contribution in [-0.2, 0) is 12.8 Å². The van der Waals surface area contributed by atoms with E-state index in [1.165, 1.54) is 25.7 Å². The maximum absolute atomic E-state index is 5.26. The van der Waals surface area contributed by atoms with Crippen LogP contribution in [0.3, 0.4) is 0 Å². The van der Waals surface area contributed by atoms with Crippen LogP contribution >= 0.6 is 0 Å². The minimum Gasteiger partial charge on any atom is -0.339 e. The fourth-order valence-corrected chi connectivity index (χ4v) is 2.30. The van der Waals surface area contributed by atoms with Gasteiger partial charge in [0.15, 0.2) is 5.82 Å². The van der Waals surface area contributed by atoms with Gasteiger partial charge < -0.3 is 9.84 Å². The van der Waals surface area contributed by atoms with Gasteiger partial charge in [-0.05, 0) is 32.2 Å². The van der Waals surface area contributed by atoms with Gasteiger partial charge in [-0.15, -0.1) is 0 Å². The molecule has 1 N–H and O–H groups in total. The Morgan fingerprint density at radius 1 is 1.35 bits per heavy atom. The highest BCUT2D eigenvalue weighted by Crippen LogP contribution is 2.13. The van der Waals surface area contributed by atoms with Gasteiger partial charge in [-0.25, -0.2) is 0 Å². The maximum atomic E-state index is 5.26. The Morgan fingerprint density at radius 2 is 2.29 bits per heavy atom. The zero-order valence-electron chi connectivity index (χ0n) is 10.7. The zero-order chi connectivity index (χ0) is 11.9. The highest BCUT2D eigenvalue weighted by molar-refractivity contribution is 4.88. The Balaban J connectivity index is 1.72. The first kappa shape index (κ1) is 12.6. The lowest BCUT2D eigenvalue weighted by molar-refractivity contribution is 0.340. The van der Waals surface area contributed by atoms with Crippen LogP contribution in [0.4, 0.5) is 0 Å². The fraction of sp³-hybridized carbons (Fsp3) is 0.846. The number of aryl methyl sites for hydroxylation is 2. The molecule has 1 aliphatic heterocycles. The first-order valence-corrected chi connectivity index (χ1v) is 6.93. The topological polar surface area (TPSA) is 51.0 Å². The van der Waals surface area contributed by atoms with Crippen LogP contribution in [0.2, 0.25) is 0 Å². The molecule has 96 valence electrons. The van der Waals surface area contributed by atoms with Crippen LogP contribution < -0.4 is 5.32 Å². The van der Waals surface area contributed by atoms with E-state index in [9.17, 15) is 0 Å². The summed E-state index contributed by atoms with van der Waals surface area (Å²) in [6, 6.07) is 0.648. The third-order valence-electron chi connectivity index (χ3n) is 3.38. The van der Waals surface area contributed by atoms with Gasteiger partial charge in [0, 0.05) is 18.9 Å². The number of nitrogens with zero attached hydrogens (tertiary/aromatic N) is 2. The first-order chi connectivity index (χ1) is 8.38. The number of piperidine rings is 1. The molecule has 1 unspecified atom stereocenters. The molecule has 0 spiro atoms. The number of hydrogen-bond acceptors (Lipinski definition) is 4. The number of aromatic nitrogens is 2.